The summed E-state index contributed by atoms with van der Waals surface area (Å²) in [5, 5.41) is 2.46. The van der Waals surface area contributed by atoms with E-state index in [1.54, 1.807) is 0 Å². The predicted molar refractivity (Wildman–Crippen MR) is 264 cm³/mol. The molecule has 0 heterocycles. The molecule has 63 heavy (non-hydrogen) atoms. The number of rotatable bonds is 5. The van der Waals surface area contributed by atoms with Crippen molar-refractivity contribution in [2.24, 2.45) is 0 Å². The van der Waals surface area contributed by atoms with E-state index in [1.165, 1.54) is 138 Å². The summed E-state index contributed by atoms with van der Waals surface area (Å²) >= 11 is 0. The van der Waals surface area contributed by atoms with Crippen LogP contribution in [0.15, 0.2) is 194 Å². The molecule has 0 aliphatic heterocycles. The molecule has 0 aromatic heterocycles. The lowest BCUT2D eigenvalue weighted by Gasteiger charge is -2.34. The summed E-state index contributed by atoms with van der Waals surface area (Å²) in [5.41, 5.74) is 23.3. The van der Waals surface area contributed by atoms with E-state index >= 15 is 0 Å². The van der Waals surface area contributed by atoms with E-state index in [9.17, 15) is 0 Å². The maximum atomic E-state index is 2.64. The topological polar surface area (TPSA) is 3.24 Å². The molecule has 1 saturated carbocycles. The first-order chi connectivity index (χ1) is 31.0. The second-order valence-electron chi connectivity index (χ2n) is 19.0. The number of hydrogen-bond acceptors (Lipinski definition) is 1. The number of fused-ring (bicyclic) bond motifs is 14. The molecule has 0 amide bonds. The first-order valence-corrected chi connectivity index (χ1v) is 23.1. The van der Waals surface area contributed by atoms with Crippen molar-refractivity contribution in [3.05, 3.63) is 233 Å². The number of nitrogens with zero attached hydrogens (tertiary/aromatic N) is 1. The Bertz CT molecular complexity index is 3300. The largest absolute Gasteiger partial charge is 0.309 e. The molecule has 0 N–H and O–H groups in total. The van der Waals surface area contributed by atoms with Crippen LogP contribution in [-0.4, -0.2) is 0 Å². The second-order valence-corrected chi connectivity index (χ2v) is 19.0. The van der Waals surface area contributed by atoms with Crippen molar-refractivity contribution in [2.45, 2.75) is 62.7 Å². The van der Waals surface area contributed by atoms with E-state index in [4.69, 9.17) is 0 Å². The number of anilines is 3. The van der Waals surface area contributed by atoms with Crippen molar-refractivity contribution in [1.82, 2.24) is 0 Å². The lowest BCUT2D eigenvalue weighted by atomic mass is 9.69. The van der Waals surface area contributed by atoms with Gasteiger partial charge in [0.15, 0.2) is 0 Å². The fourth-order valence-electron chi connectivity index (χ4n) is 12.6. The minimum absolute atomic E-state index is 0.147. The normalized spacial score (nSPS) is 17.5. The van der Waals surface area contributed by atoms with Crippen molar-refractivity contribution in [2.75, 3.05) is 4.90 Å². The fraction of sp³-hybridized carbons (Fsp3) is 0.161. The first kappa shape index (κ1) is 36.7. The van der Waals surface area contributed by atoms with Gasteiger partial charge in [-0.25, -0.2) is 0 Å². The maximum Gasteiger partial charge on any atom is 0.0726 e. The Labute approximate surface area is 371 Å². The zero-order chi connectivity index (χ0) is 41.9. The predicted octanol–water partition coefficient (Wildman–Crippen LogP) is 16.7. The molecule has 1 atom stereocenters. The monoisotopic (exact) mass is 807 g/mol. The van der Waals surface area contributed by atoms with E-state index in [0.29, 0.717) is 5.92 Å². The average molecular weight is 808 g/mol. The minimum atomic E-state index is -0.452. The van der Waals surface area contributed by atoms with Gasteiger partial charge in [0.1, 0.15) is 0 Å². The second kappa shape index (κ2) is 13.8. The van der Waals surface area contributed by atoms with E-state index in [2.05, 4.69) is 213 Å². The zero-order valence-electron chi connectivity index (χ0n) is 36.0. The van der Waals surface area contributed by atoms with Crippen LogP contribution in [0, 0.1) is 0 Å². The van der Waals surface area contributed by atoms with Crippen LogP contribution in [0.5, 0.6) is 0 Å². The van der Waals surface area contributed by atoms with E-state index in [-0.39, 0.29) is 5.41 Å². The Morgan fingerprint density at radius 2 is 0.905 bits per heavy atom. The molecule has 302 valence electrons. The summed E-state index contributed by atoms with van der Waals surface area (Å²) in [6, 6.07) is 74.4. The van der Waals surface area contributed by atoms with Gasteiger partial charge in [0.05, 0.1) is 11.1 Å². The highest BCUT2D eigenvalue weighted by atomic mass is 15.1. The van der Waals surface area contributed by atoms with Crippen molar-refractivity contribution >= 4 is 27.8 Å². The molecule has 1 spiro atoms. The lowest BCUT2D eigenvalue weighted by molar-refractivity contribution is 0.443. The molecule has 9 aromatic carbocycles. The van der Waals surface area contributed by atoms with Gasteiger partial charge in [-0.3, -0.25) is 0 Å². The molecule has 0 radical (unpaired) electrons. The van der Waals surface area contributed by atoms with Crippen molar-refractivity contribution in [3.8, 4) is 44.5 Å². The van der Waals surface area contributed by atoms with Crippen LogP contribution in [0.3, 0.4) is 0 Å². The van der Waals surface area contributed by atoms with Gasteiger partial charge in [-0.2, -0.15) is 0 Å². The zero-order valence-corrected chi connectivity index (χ0v) is 36.0. The van der Waals surface area contributed by atoms with Gasteiger partial charge < -0.3 is 4.90 Å². The van der Waals surface area contributed by atoms with Gasteiger partial charge in [-0.1, -0.05) is 203 Å². The highest BCUT2D eigenvalue weighted by molar-refractivity contribution is 6.07. The van der Waals surface area contributed by atoms with Crippen LogP contribution in [0.1, 0.15) is 90.8 Å². The lowest BCUT2D eigenvalue weighted by Crippen LogP contribution is -2.26. The Kier molecular flexibility index (Phi) is 8.02. The summed E-state index contributed by atoms with van der Waals surface area (Å²) in [5.74, 6) is 0.612. The molecule has 0 saturated heterocycles. The van der Waals surface area contributed by atoms with Crippen molar-refractivity contribution in [1.29, 1.82) is 0 Å². The van der Waals surface area contributed by atoms with Gasteiger partial charge in [-0.15, -0.1) is 0 Å². The third-order valence-corrected chi connectivity index (χ3v) is 15.5. The van der Waals surface area contributed by atoms with Gasteiger partial charge in [-0.05, 0) is 126 Å². The fourth-order valence-corrected chi connectivity index (χ4v) is 12.6. The van der Waals surface area contributed by atoms with Crippen LogP contribution in [0.2, 0.25) is 0 Å². The van der Waals surface area contributed by atoms with Crippen molar-refractivity contribution in [3.63, 3.8) is 0 Å². The maximum absolute atomic E-state index is 2.64. The molecule has 13 rings (SSSR count). The van der Waals surface area contributed by atoms with E-state index < -0.39 is 5.41 Å². The standard InChI is InChI=1S/C62H49N/c1-61(2)54-26-14-11-23-48(54)51-35-31-44(38-57(51)61)63(60-46-22-10-9-21-42(46)29-33-47(60)41-19-7-4-8-20-41)45-32-36-53-50-25-13-16-28-56(50)62(59(53)39-45)55-27-15-12-24-49(55)52-34-30-43(37-58(52)62)40-17-5-3-6-18-40/h4,7-16,19-40H,3,5-6,17-18H2,1-2H3. The Balaban J connectivity index is 1.11. The molecule has 0 bridgehead atoms. The number of hydrogen-bond donors (Lipinski definition) is 0. The highest BCUT2D eigenvalue weighted by Crippen LogP contribution is 2.64. The van der Waals surface area contributed by atoms with Gasteiger partial charge in [0.25, 0.3) is 0 Å². The van der Waals surface area contributed by atoms with Gasteiger partial charge in [0, 0.05) is 27.7 Å². The summed E-state index contributed by atoms with van der Waals surface area (Å²) in [7, 11) is 0. The van der Waals surface area contributed by atoms with Gasteiger partial charge in [0.2, 0.25) is 0 Å². The molecule has 1 nitrogen and oxygen atoms in total. The summed E-state index contributed by atoms with van der Waals surface area (Å²) in [6.07, 6.45) is 6.56. The minimum Gasteiger partial charge on any atom is -0.309 e. The Morgan fingerprint density at radius 1 is 0.397 bits per heavy atom. The highest BCUT2D eigenvalue weighted by Gasteiger charge is 2.52. The molecule has 1 heteroatoms. The quantitative estimate of drug-likeness (QED) is 0.167. The van der Waals surface area contributed by atoms with Gasteiger partial charge >= 0.3 is 0 Å². The van der Waals surface area contributed by atoms with E-state index in [1.807, 2.05) is 0 Å². The first-order valence-electron chi connectivity index (χ1n) is 23.1. The average Bonchev–Trinajstić information content (AvgIpc) is 3.90. The summed E-state index contributed by atoms with van der Waals surface area (Å²) in [6.45, 7) is 4.79. The number of benzene rings is 9. The molecule has 1 fully saturated rings. The third-order valence-electron chi connectivity index (χ3n) is 15.5. The molecule has 1 unspecified atom stereocenters. The van der Waals surface area contributed by atoms with Crippen LogP contribution in [0.4, 0.5) is 17.1 Å². The van der Waals surface area contributed by atoms with E-state index in [0.717, 1.165) is 5.69 Å². The molecular formula is C62H49N. The molecule has 4 aliphatic carbocycles. The molecule has 4 aliphatic rings. The molecule has 9 aromatic rings. The Hall–Kier alpha value is -6.96. The Morgan fingerprint density at radius 3 is 1.60 bits per heavy atom. The SMILES string of the molecule is CC1(C)c2ccccc2-c2ccc(N(c3ccc4c(c3)C3(c5ccccc5-c5ccc(C6CCCCC6)cc53)c3ccccc3-4)c3c(-c4ccccc4)ccc4ccccc34)cc21. The smallest absolute Gasteiger partial charge is 0.0726 e. The summed E-state index contributed by atoms with van der Waals surface area (Å²) < 4.78 is 0. The van der Waals surface area contributed by atoms with Crippen molar-refractivity contribution < 1.29 is 0 Å². The van der Waals surface area contributed by atoms with Crippen LogP contribution >= 0.6 is 0 Å². The molecular weight excluding hydrogens is 759 g/mol. The summed E-state index contributed by atoms with van der Waals surface area (Å²) in [4.78, 5) is 2.60. The third kappa shape index (κ3) is 5.17. The van der Waals surface area contributed by atoms with Crippen LogP contribution < -0.4 is 4.90 Å². The van der Waals surface area contributed by atoms with Crippen LogP contribution in [0.25, 0.3) is 55.3 Å². The van der Waals surface area contributed by atoms with Crippen LogP contribution in [-0.2, 0) is 10.8 Å².